The van der Waals surface area contributed by atoms with Crippen molar-refractivity contribution in [3.8, 4) is 6.19 Å². The Morgan fingerprint density at radius 2 is 2.13 bits per heavy atom. The molecule has 1 rings (SSSR count). The lowest BCUT2D eigenvalue weighted by Gasteiger charge is -2.12. The Labute approximate surface area is 89.2 Å². The Morgan fingerprint density at radius 1 is 1.47 bits per heavy atom. The molecule has 0 bridgehead atoms. The Bertz CT molecular complexity index is 378. The van der Waals surface area contributed by atoms with Crippen molar-refractivity contribution in [1.82, 2.24) is 4.90 Å². The van der Waals surface area contributed by atoms with Crippen LogP contribution in [0.1, 0.15) is 16.8 Å². The largest absolute Gasteiger partial charge is 0.268 e. The number of carbonyl (C=O) groups excluding carboxylic acids is 1. The molecule has 0 N–H and O–H groups in total. The van der Waals surface area contributed by atoms with Gasteiger partial charge in [0.05, 0.1) is 0 Å². The summed E-state index contributed by atoms with van der Waals surface area (Å²) in [4.78, 5) is 12.9. The lowest BCUT2D eigenvalue weighted by molar-refractivity contribution is 0.0834. The standard InChI is InChI=1S/C12H12N2O/c1-2-3-9-14(10-13)12(15)11-7-5-4-6-8-11/h2,4-8H,1,3,9H2. The first-order valence-electron chi connectivity index (χ1n) is 4.67. The van der Waals surface area contributed by atoms with E-state index in [0.29, 0.717) is 18.5 Å². The summed E-state index contributed by atoms with van der Waals surface area (Å²) in [6, 6.07) is 8.77. The fraction of sp³-hybridized carbons (Fsp3) is 0.167. The third-order valence-electron chi connectivity index (χ3n) is 1.94. The third kappa shape index (κ3) is 2.96. The van der Waals surface area contributed by atoms with Crippen molar-refractivity contribution in [2.24, 2.45) is 0 Å². The molecule has 0 aliphatic rings. The molecule has 0 radical (unpaired) electrons. The molecule has 0 unspecified atom stereocenters. The van der Waals surface area contributed by atoms with E-state index >= 15 is 0 Å². The summed E-state index contributed by atoms with van der Waals surface area (Å²) in [6.45, 7) is 3.93. The van der Waals surface area contributed by atoms with Crippen molar-refractivity contribution < 1.29 is 4.79 Å². The van der Waals surface area contributed by atoms with Crippen LogP contribution < -0.4 is 0 Å². The smallest absolute Gasteiger partial charge is 0.266 e. The van der Waals surface area contributed by atoms with Crippen LogP contribution in [-0.2, 0) is 0 Å². The van der Waals surface area contributed by atoms with Gasteiger partial charge in [-0.25, -0.2) is 4.90 Å². The van der Waals surface area contributed by atoms with Crippen molar-refractivity contribution in [3.05, 3.63) is 48.6 Å². The van der Waals surface area contributed by atoms with Crippen molar-refractivity contribution in [2.45, 2.75) is 6.42 Å². The van der Waals surface area contributed by atoms with Gasteiger partial charge in [0.25, 0.3) is 5.91 Å². The average molecular weight is 200 g/mol. The Morgan fingerprint density at radius 3 is 2.67 bits per heavy atom. The van der Waals surface area contributed by atoms with Gasteiger partial charge in [0.2, 0.25) is 0 Å². The lowest BCUT2D eigenvalue weighted by atomic mass is 10.2. The highest BCUT2D eigenvalue weighted by molar-refractivity contribution is 5.95. The topological polar surface area (TPSA) is 44.1 Å². The average Bonchev–Trinajstić information content (AvgIpc) is 2.31. The number of rotatable bonds is 4. The normalized spacial score (nSPS) is 9.00. The van der Waals surface area contributed by atoms with Crippen LogP contribution in [-0.4, -0.2) is 17.4 Å². The van der Waals surface area contributed by atoms with E-state index < -0.39 is 0 Å². The number of hydrogen-bond donors (Lipinski definition) is 0. The third-order valence-corrected chi connectivity index (χ3v) is 1.94. The zero-order valence-corrected chi connectivity index (χ0v) is 8.39. The Hall–Kier alpha value is -2.08. The summed E-state index contributed by atoms with van der Waals surface area (Å²) in [5, 5.41) is 8.81. The molecule has 3 nitrogen and oxygen atoms in total. The Kier molecular flexibility index (Phi) is 4.11. The SMILES string of the molecule is C=CCCN(C#N)C(=O)c1ccccc1. The van der Waals surface area contributed by atoms with E-state index in [1.54, 1.807) is 30.3 Å². The number of hydrogen-bond acceptors (Lipinski definition) is 2. The molecule has 0 spiro atoms. The summed E-state index contributed by atoms with van der Waals surface area (Å²) in [5.74, 6) is -0.264. The van der Waals surface area contributed by atoms with E-state index in [1.165, 1.54) is 0 Å². The number of benzene rings is 1. The number of nitriles is 1. The monoisotopic (exact) mass is 200 g/mol. The van der Waals surface area contributed by atoms with Crippen molar-refractivity contribution in [1.29, 1.82) is 5.26 Å². The molecule has 76 valence electrons. The van der Waals surface area contributed by atoms with E-state index in [1.807, 2.05) is 12.3 Å². The van der Waals surface area contributed by atoms with E-state index in [4.69, 9.17) is 5.26 Å². The molecule has 0 fully saturated rings. The summed E-state index contributed by atoms with van der Waals surface area (Å²) in [7, 11) is 0. The molecule has 0 heterocycles. The summed E-state index contributed by atoms with van der Waals surface area (Å²) < 4.78 is 0. The van der Waals surface area contributed by atoms with Crippen molar-refractivity contribution in [2.75, 3.05) is 6.54 Å². The van der Waals surface area contributed by atoms with Crippen LogP contribution in [0.2, 0.25) is 0 Å². The van der Waals surface area contributed by atoms with Gasteiger partial charge < -0.3 is 0 Å². The van der Waals surface area contributed by atoms with Crippen LogP contribution in [0.3, 0.4) is 0 Å². The quantitative estimate of drug-likeness (QED) is 0.425. The Balaban J connectivity index is 2.74. The van der Waals surface area contributed by atoms with Crippen LogP contribution in [0.5, 0.6) is 0 Å². The van der Waals surface area contributed by atoms with E-state index in [9.17, 15) is 4.79 Å². The highest BCUT2D eigenvalue weighted by Crippen LogP contribution is 2.04. The van der Waals surface area contributed by atoms with Gasteiger partial charge in [-0.2, -0.15) is 5.26 Å². The molecule has 0 aliphatic carbocycles. The fourth-order valence-corrected chi connectivity index (χ4v) is 1.15. The first-order valence-corrected chi connectivity index (χ1v) is 4.67. The molecule has 1 aromatic rings. The van der Waals surface area contributed by atoms with Crippen LogP contribution in [0.25, 0.3) is 0 Å². The van der Waals surface area contributed by atoms with Gasteiger partial charge in [-0.15, -0.1) is 6.58 Å². The lowest BCUT2D eigenvalue weighted by Crippen LogP contribution is -2.26. The van der Waals surface area contributed by atoms with Crippen LogP contribution in [0.4, 0.5) is 0 Å². The van der Waals surface area contributed by atoms with Crippen molar-refractivity contribution in [3.63, 3.8) is 0 Å². The van der Waals surface area contributed by atoms with Crippen LogP contribution in [0, 0.1) is 11.5 Å². The molecule has 15 heavy (non-hydrogen) atoms. The predicted octanol–water partition coefficient (Wildman–Crippen LogP) is 2.19. The van der Waals surface area contributed by atoms with Gasteiger partial charge in [-0.1, -0.05) is 24.3 Å². The molecule has 0 aliphatic heterocycles. The first-order chi connectivity index (χ1) is 7.29. The minimum atomic E-state index is -0.264. The minimum absolute atomic E-state index is 0.264. The number of amides is 1. The summed E-state index contributed by atoms with van der Waals surface area (Å²) >= 11 is 0. The maximum absolute atomic E-state index is 11.8. The van der Waals surface area contributed by atoms with Gasteiger partial charge in [0.1, 0.15) is 0 Å². The minimum Gasteiger partial charge on any atom is -0.268 e. The highest BCUT2D eigenvalue weighted by Gasteiger charge is 2.13. The van der Waals surface area contributed by atoms with Crippen LogP contribution >= 0.6 is 0 Å². The van der Waals surface area contributed by atoms with Gasteiger partial charge in [0.15, 0.2) is 6.19 Å². The van der Waals surface area contributed by atoms with Gasteiger partial charge in [-0.3, -0.25) is 4.79 Å². The second kappa shape index (κ2) is 5.61. The molecule has 3 heteroatoms. The van der Waals surface area contributed by atoms with Gasteiger partial charge >= 0.3 is 0 Å². The molecule has 0 aromatic heterocycles. The summed E-state index contributed by atoms with van der Waals surface area (Å²) in [5.41, 5.74) is 0.531. The fourth-order valence-electron chi connectivity index (χ4n) is 1.15. The first kappa shape index (κ1) is 11.0. The maximum Gasteiger partial charge on any atom is 0.266 e. The molecule has 1 aromatic carbocycles. The van der Waals surface area contributed by atoms with E-state index in [2.05, 4.69) is 6.58 Å². The predicted molar refractivity (Wildman–Crippen MR) is 57.9 cm³/mol. The molecule has 0 saturated carbocycles. The van der Waals surface area contributed by atoms with E-state index in [0.717, 1.165) is 4.90 Å². The second-order valence-electron chi connectivity index (χ2n) is 3.00. The van der Waals surface area contributed by atoms with Gasteiger partial charge in [-0.05, 0) is 18.6 Å². The molecule has 0 saturated heterocycles. The second-order valence-corrected chi connectivity index (χ2v) is 3.00. The summed E-state index contributed by atoms with van der Waals surface area (Å²) in [6.07, 6.45) is 4.17. The number of nitrogens with zero attached hydrogens (tertiary/aromatic N) is 2. The number of carbonyl (C=O) groups is 1. The zero-order chi connectivity index (χ0) is 11.1. The highest BCUT2D eigenvalue weighted by atomic mass is 16.2. The zero-order valence-electron chi connectivity index (χ0n) is 8.39. The molecular formula is C12H12N2O. The van der Waals surface area contributed by atoms with Gasteiger partial charge in [0, 0.05) is 12.1 Å². The van der Waals surface area contributed by atoms with Crippen molar-refractivity contribution >= 4 is 5.91 Å². The maximum atomic E-state index is 11.8. The van der Waals surface area contributed by atoms with Crippen LogP contribution in [0.15, 0.2) is 43.0 Å². The molecular weight excluding hydrogens is 188 g/mol. The molecule has 1 amide bonds. The van der Waals surface area contributed by atoms with E-state index in [-0.39, 0.29) is 5.91 Å². The molecule has 0 atom stereocenters.